The highest BCUT2D eigenvalue weighted by Crippen LogP contribution is 2.56. The van der Waals surface area contributed by atoms with Crippen LogP contribution in [0.4, 0.5) is 0 Å². The van der Waals surface area contributed by atoms with Gasteiger partial charge in [0.1, 0.15) is 6.04 Å². The van der Waals surface area contributed by atoms with Gasteiger partial charge in [0.15, 0.2) is 6.10 Å². The Balaban J connectivity index is 1.96. The molecule has 3 rings (SSSR count). The number of nitrogens with two attached hydrogens (primary N) is 1. The van der Waals surface area contributed by atoms with Crippen LogP contribution in [0.25, 0.3) is 0 Å². The van der Waals surface area contributed by atoms with Crippen molar-refractivity contribution in [1.29, 1.82) is 0 Å². The van der Waals surface area contributed by atoms with E-state index in [2.05, 4.69) is 5.32 Å². The standard InChI is InChI=1S/C32H43N2O10P/c1-32(2,3)31(38)40-22-41-45(39,44-26(18-10-11-19-33)30(37)43-29(36)25-17-12-20-34-25)27(21-23-13-6-4-7-14-23)42-28(35)24-15-8-5-9-16-24/h4-9,13-16,25-27,34H,10-12,17-22,33H2,1-3H3/t25-,26?,27?,45?/m0/s1. The van der Waals surface area contributed by atoms with E-state index in [-0.39, 0.29) is 18.4 Å². The van der Waals surface area contributed by atoms with E-state index in [1.807, 2.05) is 0 Å². The number of esters is 4. The molecular formula is C32H43N2O10P. The molecule has 13 heteroatoms. The van der Waals surface area contributed by atoms with Crippen molar-refractivity contribution in [2.45, 2.75) is 77.3 Å². The normalized spacial score (nSPS) is 17.5. The molecule has 4 atom stereocenters. The first-order valence-corrected chi connectivity index (χ1v) is 16.6. The molecule has 0 spiro atoms. The molecular weight excluding hydrogens is 603 g/mol. The molecule has 12 nitrogen and oxygen atoms in total. The fourth-order valence-corrected chi connectivity index (χ4v) is 6.11. The number of carbonyl (C=O) groups excluding carboxylic acids is 4. The molecule has 0 radical (unpaired) electrons. The number of unbranched alkanes of at least 4 members (excludes halogenated alkanes) is 1. The number of hydrogen-bond acceptors (Lipinski definition) is 12. The van der Waals surface area contributed by atoms with E-state index in [1.54, 1.807) is 69.3 Å². The lowest BCUT2D eigenvalue weighted by atomic mass is 9.98. The fourth-order valence-electron chi connectivity index (χ4n) is 4.34. The Labute approximate surface area is 263 Å². The quantitative estimate of drug-likeness (QED) is 0.0655. The van der Waals surface area contributed by atoms with Gasteiger partial charge >= 0.3 is 31.5 Å². The first-order valence-electron chi connectivity index (χ1n) is 15.0. The van der Waals surface area contributed by atoms with Gasteiger partial charge in [0.25, 0.3) is 0 Å². The lowest BCUT2D eigenvalue weighted by Crippen LogP contribution is -2.38. The van der Waals surface area contributed by atoms with Crippen molar-refractivity contribution in [3.05, 3.63) is 71.8 Å². The molecule has 1 heterocycles. The lowest BCUT2D eigenvalue weighted by Gasteiger charge is -2.30. The Morgan fingerprint density at radius 3 is 2.27 bits per heavy atom. The second kappa shape index (κ2) is 17.3. The molecule has 1 aliphatic rings. The van der Waals surface area contributed by atoms with E-state index < -0.39 is 61.7 Å². The minimum atomic E-state index is -4.68. The summed E-state index contributed by atoms with van der Waals surface area (Å²) in [6.45, 7) is 4.99. The van der Waals surface area contributed by atoms with E-state index in [0.29, 0.717) is 37.9 Å². The second-order valence-electron chi connectivity index (χ2n) is 11.7. The minimum absolute atomic E-state index is 0.0266. The van der Waals surface area contributed by atoms with Crippen molar-refractivity contribution in [3.8, 4) is 0 Å². The van der Waals surface area contributed by atoms with E-state index >= 15 is 0 Å². The summed E-state index contributed by atoms with van der Waals surface area (Å²) in [5.41, 5.74) is 5.54. The predicted octanol–water partition coefficient (Wildman–Crippen LogP) is 4.50. The van der Waals surface area contributed by atoms with Crippen LogP contribution in [0.1, 0.15) is 68.8 Å². The van der Waals surface area contributed by atoms with Crippen molar-refractivity contribution < 1.29 is 47.0 Å². The van der Waals surface area contributed by atoms with Crippen molar-refractivity contribution in [3.63, 3.8) is 0 Å². The van der Waals surface area contributed by atoms with Crippen molar-refractivity contribution >= 4 is 31.5 Å². The Hall–Kier alpha value is -3.41. The molecule has 0 bridgehead atoms. The zero-order chi connectivity index (χ0) is 32.9. The third kappa shape index (κ3) is 11.5. The van der Waals surface area contributed by atoms with Gasteiger partial charge < -0.3 is 25.3 Å². The summed E-state index contributed by atoms with van der Waals surface area (Å²) in [4.78, 5) is 51.7. The van der Waals surface area contributed by atoms with Gasteiger partial charge in [-0.1, -0.05) is 48.5 Å². The number of carbonyl (C=O) groups is 4. The molecule has 0 amide bonds. The van der Waals surface area contributed by atoms with Crippen LogP contribution < -0.4 is 11.1 Å². The third-order valence-electron chi connectivity index (χ3n) is 6.90. The maximum atomic E-state index is 14.8. The Kier molecular flexibility index (Phi) is 13.9. The third-order valence-corrected chi connectivity index (χ3v) is 8.90. The zero-order valence-corrected chi connectivity index (χ0v) is 26.9. The summed E-state index contributed by atoms with van der Waals surface area (Å²) in [6.07, 6.45) is 0.379. The maximum absolute atomic E-state index is 14.8. The van der Waals surface area contributed by atoms with Crippen LogP contribution >= 0.6 is 7.60 Å². The average molecular weight is 647 g/mol. The topological polar surface area (TPSA) is 170 Å². The van der Waals surface area contributed by atoms with Gasteiger partial charge in [0.2, 0.25) is 12.6 Å². The van der Waals surface area contributed by atoms with Gasteiger partial charge in [-0.05, 0) is 83.7 Å². The van der Waals surface area contributed by atoms with Gasteiger partial charge in [-0.3, -0.25) is 18.4 Å². The first-order chi connectivity index (χ1) is 21.4. The first kappa shape index (κ1) is 36.1. The van der Waals surface area contributed by atoms with Crippen LogP contribution in [0.2, 0.25) is 0 Å². The summed E-state index contributed by atoms with van der Waals surface area (Å²) < 4.78 is 42.4. The minimum Gasteiger partial charge on any atom is -0.445 e. The highest BCUT2D eigenvalue weighted by Gasteiger charge is 2.45. The van der Waals surface area contributed by atoms with Gasteiger partial charge in [-0.25, -0.2) is 14.4 Å². The average Bonchev–Trinajstić information content (AvgIpc) is 3.56. The van der Waals surface area contributed by atoms with Crippen LogP contribution in [0.15, 0.2) is 60.7 Å². The zero-order valence-electron chi connectivity index (χ0n) is 26.0. The van der Waals surface area contributed by atoms with Crippen LogP contribution in [0, 0.1) is 5.41 Å². The number of ether oxygens (including phenoxy) is 3. The van der Waals surface area contributed by atoms with Gasteiger partial charge in [-0.15, -0.1) is 0 Å². The van der Waals surface area contributed by atoms with Gasteiger partial charge in [0, 0.05) is 6.42 Å². The molecule has 1 aliphatic heterocycles. The Morgan fingerprint density at radius 2 is 1.67 bits per heavy atom. The highest BCUT2D eigenvalue weighted by atomic mass is 31.2. The van der Waals surface area contributed by atoms with Crippen LogP contribution in [-0.4, -0.2) is 61.8 Å². The molecule has 0 saturated carbocycles. The largest absolute Gasteiger partial charge is 0.445 e. The van der Waals surface area contributed by atoms with Crippen molar-refractivity contribution in [2.75, 3.05) is 19.9 Å². The summed E-state index contributed by atoms with van der Waals surface area (Å²) in [7, 11) is -4.68. The van der Waals surface area contributed by atoms with Crippen LogP contribution in [0.3, 0.4) is 0 Å². The molecule has 1 fully saturated rings. The number of rotatable bonds is 16. The second-order valence-corrected chi connectivity index (χ2v) is 13.8. The van der Waals surface area contributed by atoms with Crippen molar-refractivity contribution in [2.24, 2.45) is 11.1 Å². The summed E-state index contributed by atoms with van der Waals surface area (Å²) >= 11 is 0. The monoisotopic (exact) mass is 646 g/mol. The molecule has 3 unspecified atom stereocenters. The summed E-state index contributed by atoms with van der Waals surface area (Å²) in [5.74, 6) is -4.91. The van der Waals surface area contributed by atoms with Gasteiger partial charge in [0.05, 0.1) is 11.0 Å². The Morgan fingerprint density at radius 1 is 1.00 bits per heavy atom. The highest BCUT2D eigenvalue weighted by molar-refractivity contribution is 7.54. The summed E-state index contributed by atoms with van der Waals surface area (Å²) in [5, 5.41) is 2.96. The Bertz CT molecular complexity index is 1310. The molecule has 1 saturated heterocycles. The fraction of sp³-hybridized carbons (Fsp3) is 0.500. The van der Waals surface area contributed by atoms with E-state index in [0.717, 1.165) is 6.42 Å². The lowest BCUT2D eigenvalue weighted by molar-refractivity contribution is -0.168. The predicted molar refractivity (Wildman–Crippen MR) is 165 cm³/mol. The van der Waals surface area contributed by atoms with Gasteiger partial charge in [-0.2, -0.15) is 0 Å². The SMILES string of the molecule is CC(C)(C)C(=O)OCOP(=O)(OC(CCCCN)C(=O)OC(=O)[C@@H]1CCCN1)C(Cc1ccccc1)OC(=O)c1ccccc1. The van der Waals surface area contributed by atoms with Crippen molar-refractivity contribution in [1.82, 2.24) is 5.32 Å². The molecule has 0 aliphatic carbocycles. The maximum Gasteiger partial charge on any atom is 0.375 e. The molecule has 3 N–H and O–H groups in total. The number of nitrogens with one attached hydrogen (secondary N) is 1. The van der Waals surface area contributed by atoms with E-state index in [1.165, 1.54) is 12.1 Å². The molecule has 45 heavy (non-hydrogen) atoms. The number of hydrogen-bond donors (Lipinski definition) is 2. The smallest absolute Gasteiger partial charge is 0.375 e. The van der Waals surface area contributed by atoms with E-state index in [9.17, 15) is 23.7 Å². The van der Waals surface area contributed by atoms with Crippen LogP contribution in [-0.2, 0) is 48.6 Å². The molecule has 2 aromatic carbocycles. The molecule has 0 aromatic heterocycles. The number of benzene rings is 2. The summed E-state index contributed by atoms with van der Waals surface area (Å²) in [6, 6.07) is 16.1. The molecule has 246 valence electrons. The van der Waals surface area contributed by atoms with Crippen LogP contribution in [0.5, 0.6) is 0 Å². The molecule has 2 aromatic rings. The van der Waals surface area contributed by atoms with E-state index in [4.69, 9.17) is 29.0 Å².